The van der Waals surface area contributed by atoms with Crippen molar-refractivity contribution < 1.29 is 14.3 Å². The van der Waals surface area contributed by atoms with E-state index in [0.29, 0.717) is 12.6 Å². The van der Waals surface area contributed by atoms with Crippen LogP contribution >= 0.6 is 24.0 Å². The van der Waals surface area contributed by atoms with E-state index in [2.05, 4.69) is 20.9 Å². The maximum Gasteiger partial charge on any atom is 0.242 e. The molecule has 2 rings (SSSR count). The highest BCUT2D eigenvalue weighted by atomic mass is 127. The summed E-state index contributed by atoms with van der Waals surface area (Å²) in [7, 11) is 3.39. The first kappa shape index (κ1) is 25.0. The molecule has 0 spiro atoms. The van der Waals surface area contributed by atoms with Gasteiger partial charge in [0.25, 0.3) is 0 Å². The topological polar surface area (TPSA) is 95.1 Å². The maximum atomic E-state index is 12.1. The first-order chi connectivity index (χ1) is 13.2. The minimum Gasteiger partial charge on any atom is -0.493 e. The molecule has 0 bridgehead atoms. The van der Waals surface area contributed by atoms with Crippen molar-refractivity contribution in [2.75, 3.05) is 33.8 Å². The Hall–Kier alpha value is -2.04. The molecule has 1 heterocycles. The number of ether oxygens (including phenoxy) is 1. The Bertz CT molecular complexity index is 731. The Labute approximate surface area is 189 Å². The number of amides is 2. The number of nitrogens with zero attached hydrogens (tertiary/aromatic N) is 2. The van der Waals surface area contributed by atoms with Crippen molar-refractivity contribution in [3.05, 3.63) is 29.8 Å². The normalized spacial score (nSPS) is 15.9. The Morgan fingerprint density at radius 3 is 2.59 bits per heavy atom. The lowest BCUT2D eigenvalue weighted by Crippen LogP contribution is -2.46. The zero-order valence-electron chi connectivity index (χ0n) is 17.7. The van der Waals surface area contributed by atoms with Gasteiger partial charge < -0.3 is 25.6 Å². The molecule has 3 N–H and O–H groups in total. The van der Waals surface area contributed by atoms with Crippen LogP contribution in [-0.2, 0) is 9.59 Å². The summed E-state index contributed by atoms with van der Waals surface area (Å²) < 4.78 is 5.69. The van der Waals surface area contributed by atoms with E-state index in [1.165, 1.54) is 4.90 Å². The van der Waals surface area contributed by atoms with Gasteiger partial charge in [-0.25, -0.2) is 4.99 Å². The predicted molar refractivity (Wildman–Crippen MR) is 125 cm³/mol. The molecule has 9 heteroatoms. The molecular formula is C20H32IN5O3. The van der Waals surface area contributed by atoms with Crippen LogP contribution in [0.2, 0.25) is 0 Å². The standard InChI is InChI=1S/C20H31N5O3.HI/c1-20(2,3)24-17(26)12-21-19(22-13-18(27)25(4)5)23-15-10-11-28-16-9-7-6-8-14(15)16;/h6-9,15H,10-13H2,1-5H3,(H,24,26)(H2,21,22,23);1H. The number of carbonyl (C=O) groups is 2. The van der Waals surface area contributed by atoms with Crippen molar-refractivity contribution in [2.24, 2.45) is 4.99 Å². The lowest BCUT2D eigenvalue weighted by atomic mass is 10.0. The van der Waals surface area contributed by atoms with Gasteiger partial charge in [-0.1, -0.05) is 18.2 Å². The largest absolute Gasteiger partial charge is 0.493 e. The molecule has 0 aromatic heterocycles. The molecular weight excluding hydrogens is 485 g/mol. The first-order valence-corrected chi connectivity index (χ1v) is 9.43. The monoisotopic (exact) mass is 517 g/mol. The van der Waals surface area contributed by atoms with Crippen LogP contribution in [0.25, 0.3) is 0 Å². The van der Waals surface area contributed by atoms with Crippen molar-refractivity contribution in [3.63, 3.8) is 0 Å². The van der Waals surface area contributed by atoms with Crippen molar-refractivity contribution >= 4 is 41.8 Å². The van der Waals surface area contributed by atoms with Gasteiger partial charge in [0.15, 0.2) is 5.96 Å². The van der Waals surface area contributed by atoms with Gasteiger partial charge in [0.2, 0.25) is 11.8 Å². The van der Waals surface area contributed by atoms with E-state index in [0.717, 1.165) is 17.7 Å². The molecule has 0 aliphatic carbocycles. The molecule has 2 amide bonds. The molecule has 0 radical (unpaired) electrons. The van der Waals surface area contributed by atoms with Gasteiger partial charge in [0.05, 0.1) is 19.2 Å². The number of hydrogen-bond donors (Lipinski definition) is 3. The van der Waals surface area contributed by atoms with E-state index >= 15 is 0 Å². The lowest BCUT2D eigenvalue weighted by molar-refractivity contribution is -0.127. The van der Waals surface area contributed by atoms with E-state index in [1.54, 1.807) is 14.1 Å². The quantitative estimate of drug-likeness (QED) is 0.314. The highest BCUT2D eigenvalue weighted by Gasteiger charge is 2.22. The van der Waals surface area contributed by atoms with Crippen molar-refractivity contribution in [2.45, 2.75) is 38.8 Å². The molecule has 1 unspecified atom stereocenters. The summed E-state index contributed by atoms with van der Waals surface area (Å²) in [5.41, 5.74) is 0.704. The Balaban J connectivity index is 0.00000420. The van der Waals surface area contributed by atoms with E-state index in [-0.39, 0.29) is 60.5 Å². The minimum absolute atomic E-state index is 0. The summed E-state index contributed by atoms with van der Waals surface area (Å²) in [5, 5.41) is 9.24. The molecule has 29 heavy (non-hydrogen) atoms. The summed E-state index contributed by atoms with van der Waals surface area (Å²) in [6, 6.07) is 7.80. The van der Waals surface area contributed by atoms with Gasteiger partial charge in [-0.05, 0) is 26.8 Å². The fourth-order valence-corrected chi connectivity index (χ4v) is 2.74. The third-order valence-electron chi connectivity index (χ3n) is 4.07. The van der Waals surface area contributed by atoms with Crippen LogP contribution in [0.3, 0.4) is 0 Å². The summed E-state index contributed by atoms with van der Waals surface area (Å²) in [6.07, 6.45) is 0.757. The number of para-hydroxylation sites is 1. The third kappa shape index (κ3) is 8.46. The van der Waals surface area contributed by atoms with E-state index < -0.39 is 0 Å². The zero-order valence-corrected chi connectivity index (χ0v) is 20.1. The van der Waals surface area contributed by atoms with Gasteiger partial charge in [-0.15, -0.1) is 24.0 Å². The molecule has 0 fully saturated rings. The molecule has 0 saturated carbocycles. The third-order valence-corrected chi connectivity index (χ3v) is 4.07. The molecule has 1 aromatic rings. The van der Waals surface area contributed by atoms with Crippen LogP contribution in [0, 0.1) is 0 Å². The number of hydrogen-bond acceptors (Lipinski definition) is 4. The number of likely N-dealkylation sites (N-methyl/N-ethyl adjacent to an activating group) is 1. The van der Waals surface area contributed by atoms with Gasteiger partial charge >= 0.3 is 0 Å². The first-order valence-electron chi connectivity index (χ1n) is 9.43. The van der Waals surface area contributed by atoms with Crippen LogP contribution in [0.5, 0.6) is 5.75 Å². The van der Waals surface area contributed by atoms with Crippen LogP contribution in [0.4, 0.5) is 0 Å². The Morgan fingerprint density at radius 2 is 1.93 bits per heavy atom. The van der Waals surface area contributed by atoms with E-state index in [1.807, 2.05) is 45.0 Å². The number of carbonyl (C=O) groups excluding carboxylic acids is 2. The average Bonchev–Trinajstić information content (AvgIpc) is 2.62. The number of benzene rings is 1. The fourth-order valence-electron chi connectivity index (χ4n) is 2.74. The van der Waals surface area contributed by atoms with Crippen LogP contribution < -0.4 is 20.7 Å². The smallest absolute Gasteiger partial charge is 0.242 e. The van der Waals surface area contributed by atoms with Crippen molar-refractivity contribution in [3.8, 4) is 5.75 Å². The number of fused-ring (bicyclic) bond motifs is 1. The molecule has 0 saturated heterocycles. The summed E-state index contributed by atoms with van der Waals surface area (Å²) in [5.74, 6) is 0.988. The number of nitrogens with one attached hydrogen (secondary N) is 3. The second kappa shape index (κ2) is 11.2. The number of halogens is 1. The van der Waals surface area contributed by atoms with Crippen LogP contribution in [-0.4, -0.2) is 62.0 Å². The Morgan fingerprint density at radius 1 is 1.24 bits per heavy atom. The summed E-state index contributed by atoms with van der Waals surface area (Å²) in [6.45, 7) is 6.39. The van der Waals surface area contributed by atoms with Gasteiger partial charge in [0.1, 0.15) is 12.3 Å². The number of guanidine groups is 1. The van der Waals surface area contributed by atoms with E-state index in [4.69, 9.17) is 4.74 Å². The van der Waals surface area contributed by atoms with Gasteiger partial charge in [0, 0.05) is 31.6 Å². The summed E-state index contributed by atoms with van der Waals surface area (Å²) in [4.78, 5) is 30.0. The summed E-state index contributed by atoms with van der Waals surface area (Å²) >= 11 is 0. The molecule has 1 aliphatic rings. The van der Waals surface area contributed by atoms with Crippen molar-refractivity contribution in [1.82, 2.24) is 20.9 Å². The van der Waals surface area contributed by atoms with E-state index in [9.17, 15) is 9.59 Å². The van der Waals surface area contributed by atoms with Crippen LogP contribution in [0.1, 0.15) is 38.8 Å². The SMILES string of the molecule is CN(C)C(=O)CNC(=NCC(=O)NC(C)(C)C)NC1CCOc2ccccc21.I. The van der Waals surface area contributed by atoms with Crippen molar-refractivity contribution in [1.29, 1.82) is 0 Å². The highest BCUT2D eigenvalue weighted by Crippen LogP contribution is 2.31. The predicted octanol–water partition coefficient (Wildman–Crippen LogP) is 1.67. The number of rotatable bonds is 5. The Kier molecular flexibility index (Phi) is 9.67. The second-order valence-electron chi connectivity index (χ2n) is 7.98. The molecule has 8 nitrogen and oxygen atoms in total. The molecule has 1 aliphatic heterocycles. The fraction of sp³-hybridized carbons (Fsp3) is 0.550. The highest BCUT2D eigenvalue weighted by molar-refractivity contribution is 14.0. The minimum atomic E-state index is -0.325. The average molecular weight is 517 g/mol. The molecule has 1 atom stereocenters. The molecule has 162 valence electrons. The lowest BCUT2D eigenvalue weighted by Gasteiger charge is -2.28. The zero-order chi connectivity index (χ0) is 20.7. The maximum absolute atomic E-state index is 12.1. The van der Waals surface area contributed by atoms with Gasteiger partial charge in [-0.2, -0.15) is 0 Å². The van der Waals surface area contributed by atoms with Crippen LogP contribution in [0.15, 0.2) is 29.3 Å². The molecule has 1 aromatic carbocycles. The second-order valence-corrected chi connectivity index (χ2v) is 7.98. The van der Waals surface area contributed by atoms with Gasteiger partial charge in [-0.3, -0.25) is 9.59 Å². The number of aliphatic imine (C=N–C) groups is 1.